The predicted molar refractivity (Wildman–Crippen MR) is 138 cm³/mol. The SMILES string of the molecule is CC(C)(C)OC(=O)C(ON=C(C(=O)NC1C(=O)N2C=C(C(=O)O)CS[C@H]12)c1nsc(N)n1)c1ccccc1. The largest absolute Gasteiger partial charge is 0.478 e. The van der Waals surface area contributed by atoms with Gasteiger partial charge in [-0.05, 0) is 20.8 Å². The third kappa shape index (κ3) is 5.94. The number of rotatable bonds is 8. The zero-order valence-corrected chi connectivity index (χ0v) is 22.1. The smallest absolute Gasteiger partial charge is 0.355 e. The number of oxime groups is 1. The maximum atomic E-state index is 13.3. The number of hydrogen-bond donors (Lipinski definition) is 3. The zero-order chi connectivity index (χ0) is 27.6. The van der Waals surface area contributed by atoms with E-state index in [1.807, 2.05) is 0 Å². The second-order valence-corrected chi connectivity index (χ2v) is 11.1. The van der Waals surface area contributed by atoms with Gasteiger partial charge in [0, 0.05) is 29.0 Å². The minimum atomic E-state index is -1.32. The number of nitrogens with zero attached hydrogens (tertiary/aromatic N) is 4. The van der Waals surface area contributed by atoms with Crippen LogP contribution in [-0.2, 0) is 28.8 Å². The molecular weight excluding hydrogens is 536 g/mol. The van der Waals surface area contributed by atoms with E-state index in [2.05, 4.69) is 19.8 Å². The molecule has 4 N–H and O–H groups in total. The summed E-state index contributed by atoms with van der Waals surface area (Å²) in [7, 11) is 0. The molecule has 0 aliphatic carbocycles. The van der Waals surface area contributed by atoms with Gasteiger partial charge in [-0.25, -0.2) is 9.59 Å². The van der Waals surface area contributed by atoms with Gasteiger partial charge in [-0.1, -0.05) is 35.5 Å². The maximum absolute atomic E-state index is 13.3. The fraction of sp³-hybridized carbons (Fsp3) is 0.348. The number of benzene rings is 1. The number of ether oxygens (including phenoxy) is 1. The third-order valence-electron chi connectivity index (χ3n) is 5.19. The lowest BCUT2D eigenvalue weighted by molar-refractivity contribution is -0.169. The van der Waals surface area contributed by atoms with Crippen molar-refractivity contribution in [3.05, 3.63) is 53.5 Å². The first-order chi connectivity index (χ1) is 17.9. The number of β-lactam (4-membered cyclic amide) rings is 1. The van der Waals surface area contributed by atoms with E-state index < -0.39 is 52.6 Å². The van der Waals surface area contributed by atoms with E-state index >= 15 is 0 Å². The summed E-state index contributed by atoms with van der Waals surface area (Å²) in [6.45, 7) is 5.11. The molecule has 1 fully saturated rings. The number of nitrogens with one attached hydrogen (secondary N) is 1. The van der Waals surface area contributed by atoms with Gasteiger partial charge in [-0.2, -0.15) is 9.36 Å². The minimum absolute atomic E-state index is 0.0623. The van der Waals surface area contributed by atoms with Crippen molar-refractivity contribution >= 4 is 57.9 Å². The van der Waals surface area contributed by atoms with Crippen molar-refractivity contribution in [3.8, 4) is 0 Å². The van der Waals surface area contributed by atoms with Gasteiger partial charge in [0.05, 0.1) is 5.57 Å². The molecule has 1 saturated heterocycles. The molecule has 3 heterocycles. The summed E-state index contributed by atoms with van der Waals surface area (Å²) in [5.74, 6) is -3.18. The lowest BCUT2D eigenvalue weighted by Crippen LogP contribution is -2.69. The van der Waals surface area contributed by atoms with Crippen LogP contribution in [0.1, 0.15) is 38.3 Å². The van der Waals surface area contributed by atoms with Crippen LogP contribution in [0.4, 0.5) is 5.13 Å². The van der Waals surface area contributed by atoms with E-state index in [9.17, 15) is 24.3 Å². The van der Waals surface area contributed by atoms with Crippen LogP contribution in [0.3, 0.4) is 0 Å². The lowest BCUT2D eigenvalue weighted by Gasteiger charge is -2.46. The van der Waals surface area contributed by atoms with Gasteiger partial charge in [0.15, 0.2) is 5.13 Å². The number of hydrogen-bond acceptors (Lipinski definition) is 12. The van der Waals surface area contributed by atoms with Gasteiger partial charge in [0.25, 0.3) is 11.8 Å². The Hall–Kier alpha value is -3.98. The molecule has 0 spiro atoms. The molecule has 1 aromatic carbocycles. The van der Waals surface area contributed by atoms with Crippen LogP contribution >= 0.6 is 23.3 Å². The minimum Gasteiger partial charge on any atom is -0.478 e. The first-order valence-electron chi connectivity index (χ1n) is 11.2. The first kappa shape index (κ1) is 27.1. The van der Waals surface area contributed by atoms with Crippen LogP contribution in [0.5, 0.6) is 0 Å². The van der Waals surface area contributed by atoms with E-state index in [0.29, 0.717) is 5.56 Å². The number of nitrogen functional groups attached to an aromatic ring is 1. The van der Waals surface area contributed by atoms with Crippen LogP contribution in [0.2, 0.25) is 0 Å². The van der Waals surface area contributed by atoms with E-state index in [0.717, 1.165) is 11.5 Å². The first-order valence-corrected chi connectivity index (χ1v) is 13.1. The molecule has 3 atom stereocenters. The second-order valence-electron chi connectivity index (χ2n) is 9.18. The summed E-state index contributed by atoms with van der Waals surface area (Å²) < 4.78 is 9.48. The van der Waals surface area contributed by atoms with Crippen LogP contribution in [0.15, 0.2) is 47.3 Å². The molecule has 38 heavy (non-hydrogen) atoms. The summed E-state index contributed by atoms with van der Waals surface area (Å²) >= 11 is 2.02. The number of aromatic nitrogens is 2. The average Bonchev–Trinajstić information content (AvgIpc) is 3.29. The summed E-state index contributed by atoms with van der Waals surface area (Å²) in [5, 5.41) is 15.2. The number of anilines is 1. The highest BCUT2D eigenvalue weighted by atomic mass is 32.2. The van der Waals surface area contributed by atoms with Crippen LogP contribution in [0.25, 0.3) is 0 Å². The Morgan fingerprint density at radius 1 is 1.26 bits per heavy atom. The molecular formula is C23H24N6O7S2. The molecule has 0 radical (unpaired) electrons. The highest BCUT2D eigenvalue weighted by molar-refractivity contribution is 8.00. The number of carboxylic acids is 1. The Balaban J connectivity index is 1.58. The predicted octanol–water partition coefficient (Wildman–Crippen LogP) is 1.29. The van der Waals surface area contributed by atoms with Crippen molar-refractivity contribution in [1.82, 2.24) is 19.6 Å². The number of nitrogens with two attached hydrogens (primary N) is 1. The van der Waals surface area contributed by atoms with Crippen LogP contribution in [0, 0.1) is 0 Å². The standard InChI is InChI=1S/C23H24N6O7S2/c1-23(2,3)35-21(34)15(11-7-5-4-6-8-11)36-27-13(16-26-22(24)38-28-16)17(30)25-14-18(31)29-9-12(20(32)33)10-37-19(14)29/h4-9,14-15,19H,10H2,1-3H3,(H,25,30)(H,32,33)(H2,24,26,28)/t14?,15?,19-/m1/s1. The molecule has 13 nitrogen and oxygen atoms in total. The third-order valence-corrected chi connectivity index (χ3v) is 7.05. The zero-order valence-electron chi connectivity index (χ0n) is 20.5. The van der Waals surface area contributed by atoms with Crippen molar-refractivity contribution in [2.45, 2.75) is 43.9 Å². The number of carboxylic acid groups (broad SMARTS) is 1. The van der Waals surface area contributed by atoms with E-state index in [4.69, 9.17) is 15.3 Å². The van der Waals surface area contributed by atoms with Crippen molar-refractivity contribution < 1.29 is 33.9 Å². The number of amides is 2. The molecule has 2 unspecified atom stereocenters. The molecule has 2 aliphatic heterocycles. The molecule has 0 bridgehead atoms. The summed E-state index contributed by atoms with van der Waals surface area (Å²) in [5.41, 5.74) is 4.98. The summed E-state index contributed by atoms with van der Waals surface area (Å²) in [4.78, 5) is 60.8. The van der Waals surface area contributed by atoms with E-state index in [1.54, 1.807) is 51.1 Å². The highest BCUT2D eigenvalue weighted by Crippen LogP contribution is 2.36. The number of fused-ring (bicyclic) bond motifs is 1. The fourth-order valence-electron chi connectivity index (χ4n) is 3.48. The van der Waals surface area contributed by atoms with Crippen molar-refractivity contribution in [2.75, 3.05) is 11.5 Å². The molecule has 4 rings (SSSR count). The van der Waals surface area contributed by atoms with Crippen LogP contribution in [-0.4, -0.2) is 71.6 Å². The normalized spacial score (nSPS) is 20.0. The number of carbonyl (C=O) groups is 4. The van der Waals surface area contributed by atoms with Gasteiger partial charge in [-0.3, -0.25) is 9.59 Å². The molecule has 2 amide bonds. The van der Waals surface area contributed by atoms with Crippen LogP contribution < -0.4 is 11.1 Å². The van der Waals surface area contributed by atoms with Gasteiger partial charge in [0.2, 0.25) is 17.6 Å². The number of thioether (sulfide) groups is 1. The second kappa shape index (κ2) is 10.8. The molecule has 2 aromatic rings. The quantitative estimate of drug-likeness (QED) is 0.183. The number of aliphatic carboxylic acids is 1. The molecule has 200 valence electrons. The molecule has 1 aromatic heterocycles. The lowest BCUT2D eigenvalue weighted by atomic mass is 10.1. The Morgan fingerprint density at radius 2 is 1.97 bits per heavy atom. The van der Waals surface area contributed by atoms with Gasteiger partial charge in [0.1, 0.15) is 17.0 Å². The Kier molecular flexibility index (Phi) is 7.68. The molecule has 0 saturated carbocycles. The van der Waals surface area contributed by atoms with E-state index in [-0.39, 0.29) is 22.3 Å². The Bertz CT molecular complexity index is 1320. The van der Waals surface area contributed by atoms with Crippen molar-refractivity contribution in [1.29, 1.82) is 0 Å². The molecule has 15 heteroatoms. The monoisotopic (exact) mass is 560 g/mol. The van der Waals surface area contributed by atoms with Crippen molar-refractivity contribution in [3.63, 3.8) is 0 Å². The number of carbonyl (C=O) groups excluding carboxylic acids is 3. The van der Waals surface area contributed by atoms with E-state index in [1.165, 1.54) is 22.9 Å². The summed E-state index contributed by atoms with van der Waals surface area (Å²) in [6, 6.07) is 7.51. The average molecular weight is 561 g/mol. The van der Waals surface area contributed by atoms with Gasteiger partial charge >= 0.3 is 11.9 Å². The number of esters is 1. The fourth-order valence-corrected chi connectivity index (χ4v) is 5.17. The highest BCUT2D eigenvalue weighted by Gasteiger charge is 2.50. The topological polar surface area (TPSA) is 186 Å². The summed E-state index contributed by atoms with van der Waals surface area (Å²) in [6.07, 6.45) is -0.0517. The Morgan fingerprint density at radius 3 is 2.58 bits per heavy atom. The molecule has 2 aliphatic rings. The Labute approximate surface area is 225 Å². The van der Waals surface area contributed by atoms with Gasteiger partial charge < -0.3 is 30.6 Å². The maximum Gasteiger partial charge on any atom is 0.355 e. The van der Waals surface area contributed by atoms with Gasteiger partial charge in [-0.15, -0.1) is 11.8 Å². The van der Waals surface area contributed by atoms with Crippen molar-refractivity contribution in [2.24, 2.45) is 5.16 Å².